The molecule has 0 bridgehead atoms. The molecule has 6 nitrogen and oxygen atoms in total. The zero-order chi connectivity index (χ0) is 13.0. The van der Waals surface area contributed by atoms with Crippen LogP contribution in [0.2, 0.25) is 0 Å². The molecule has 0 aromatic heterocycles. The normalized spacial score (nSPS) is 21.1. The summed E-state index contributed by atoms with van der Waals surface area (Å²) in [4.78, 5) is 35.3. The largest absolute Gasteiger partial charge is 0.480 e. The van der Waals surface area contributed by atoms with E-state index in [1.807, 2.05) is 0 Å². The van der Waals surface area contributed by atoms with Gasteiger partial charge in [0.15, 0.2) is 0 Å². The van der Waals surface area contributed by atoms with Crippen LogP contribution in [0, 0.1) is 5.92 Å². The number of likely N-dealkylation sites (tertiary alicyclic amines) is 1. The average Bonchev–Trinajstić information content (AvgIpc) is 2.58. The average molecular weight is 240 g/mol. The van der Waals surface area contributed by atoms with Gasteiger partial charge in [0, 0.05) is 20.0 Å². The molecule has 1 heterocycles. The summed E-state index contributed by atoms with van der Waals surface area (Å²) >= 11 is 0. The van der Waals surface area contributed by atoms with Gasteiger partial charge >= 0.3 is 5.97 Å². The quantitative estimate of drug-likeness (QED) is 0.641. The number of amides is 2. The Balaban J connectivity index is 2.56. The summed E-state index contributed by atoms with van der Waals surface area (Å²) in [6.45, 7) is 3.77. The summed E-state index contributed by atoms with van der Waals surface area (Å²) in [5.41, 5.74) is 0. The van der Waals surface area contributed by atoms with Crippen LogP contribution in [0.25, 0.3) is 0 Å². The predicted molar refractivity (Wildman–Crippen MR) is 60.1 cm³/mol. The van der Waals surface area contributed by atoms with Gasteiger partial charge in [-0.15, -0.1) is 6.58 Å². The number of nitrogens with one attached hydrogen (secondary N) is 1. The van der Waals surface area contributed by atoms with Crippen molar-refractivity contribution in [2.45, 2.75) is 18.9 Å². The van der Waals surface area contributed by atoms with Crippen molar-refractivity contribution in [3.05, 3.63) is 12.7 Å². The summed E-state index contributed by atoms with van der Waals surface area (Å²) in [5, 5.41) is 11.3. The second-order valence-electron chi connectivity index (χ2n) is 4.10. The van der Waals surface area contributed by atoms with Gasteiger partial charge in [0.1, 0.15) is 6.04 Å². The van der Waals surface area contributed by atoms with E-state index in [0.717, 1.165) is 0 Å². The zero-order valence-electron chi connectivity index (χ0n) is 9.68. The molecule has 0 aliphatic carbocycles. The Morgan fingerprint density at radius 3 is 2.76 bits per heavy atom. The molecule has 0 saturated carbocycles. The number of hydrogen-bond acceptors (Lipinski definition) is 3. The number of carbonyl (C=O) groups is 3. The molecule has 0 aromatic rings. The lowest BCUT2D eigenvalue weighted by molar-refractivity contribution is -0.142. The minimum absolute atomic E-state index is 0.0965. The third-order valence-corrected chi connectivity index (χ3v) is 2.73. The van der Waals surface area contributed by atoms with Gasteiger partial charge in [0.05, 0.1) is 5.92 Å². The van der Waals surface area contributed by atoms with E-state index in [9.17, 15) is 14.4 Å². The summed E-state index contributed by atoms with van der Waals surface area (Å²) in [6.07, 6.45) is 1.74. The van der Waals surface area contributed by atoms with E-state index in [1.165, 1.54) is 11.0 Å². The fraction of sp³-hybridized carbons (Fsp3) is 0.545. The maximum Gasteiger partial charge on any atom is 0.326 e. The molecule has 94 valence electrons. The molecule has 2 atom stereocenters. The molecule has 1 aliphatic heterocycles. The van der Waals surface area contributed by atoms with Crippen molar-refractivity contribution in [2.24, 2.45) is 5.92 Å². The fourth-order valence-corrected chi connectivity index (χ4v) is 1.72. The summed E-state index contributed by atoms with van der Waals surface area (Å²) in [5.74, 6) is -2.05. The first-order valence-corrected chi connectivity index (χ1v) is 5.33. The lowest BCUT2D eigenvalue weighted by Crippen LogP contribution is -2.43. The number of carbonyl (C=O) groups excluding carboxylic acids is 2. The Labute approximate surface area is 99.3 Å². The number of hydrogen-bond donors (Lipinski definition) is 2. The topological polar surface area (TPSA) is 86.7 Å². The van der Waals surface area contributed by atoms with E-state index in [1.54, 1.807) is 7.05 Å². The molecular weight excluding hydrogens is 224 g/mol. The van der Waals surface area contributed by atoms with E-state index in [-0.39, 0.29) is 18.7 Å². The molecule has 2 amide bonds. The highest BCUT2D eigenvalue weighted by Crippen LogP contribution is 2.16. The van der Waals surface area contributed by atoms with Crippen molar-refractivity contribution in [1.82, 2.24) is 10.2 Å². The number of carboxylic acid groups (broad SMARTS) is 1. The molecular formula is C11H16N2O4. The lowest BCUT2D eigenvalue weighted by atomic mass is 10.1. The minimum Gasteiger partial charge on any atom is -0.480 e. The van der Waals surface area contributed by atoms with Gasteiger partial charge in [-0.2, -0.15) is 0 Å². The molecule has 0 spiro atoms. The number of carboxylic acids is 1. The molecule has 1 rings (SSSR count). The number of nitrogens with zero attached hydrogens (tertiary/aromatic N) is 1. The van der Waals surface area contributed by atoms with Gasteiger partial charge in [-0.3, -0.25) is 9.59 Å². The maximum absolute atomic E-state index is 11.7. The monoisotopic (exact) mass is 240 g/mol. The van der Waals surface area contributed by atoms with Crippen LogP contribution in [0.3, 0.4) is 0 Å². The third-order valence-electron chi connectivity index (χ3n) is 2.73. The van der Waals surface area contributed by atoms with Crippen LogP contribution in [0.4, 0.5) is 0 Å². The predicted octanol–water partition coefficient (Wildman–Crippen LogP) is -0.390. The zero-order valence-corrected chi connectivity index (χ0v) is 9.68. The minimum atomic E-state index is -1.10. The van der Waals surface area contributed by atoms with Gasteiger partial charge in [-0.1, -0.05) is 6.08 Å². The van der Waals surface area contributed by atoms with E-state index in [0.29, 0.717) is 6.54 Å². The Morgan fingerprint density at radius 1 is 1.71 bits per heavy atom. The van der Waals surface area contributed by atoms with Crippen LogP contribution in [-0.4, -0.2) is 47.4 Å². The molecule has 1 aliphatic rings. The number of rotatable bonds is 5. The van der Waals surface area contributed by atoms with Crippen molar-refractivity contribution < 1.29 is 19.5 Å². The van der Waals surface area contributed by atoms with Crippen molar-refractivity contribution in [2.75, 3.05) is 13.6 Å². The highest BCUT2D eigenvalue weighted by Gasteiger charge is 2.33. The van der Waals surface area contributed by atoms with Gasteiger partial charge < -0.3 is 15.3 Å². The Morgan fingerprint density at radius 2 is 2.35 bits per heavy atom. The summed E-state index contributed by atoms with van der Waals surface area (Å²) < 4.78 is 0. The highest BCUT2D eigenvalue weighted by molar-refractivity contribution is 5.91. The molecule has 2 unspecified atom stereocenters. The molecule has 0 aromatic carbocycles. The molecule has 1 fully saturated rings. The van der Waals surface area contributed by atoms with E-state index >= 15 is 0 Å². The van der Waals surface area contributed by atoms with Gasteiger partial charge in [-0.05, 0) is 6.42 Å². The van der Waals surface area contributed by atoms with Crippen LogP contribution in [0.5, 0.6) is 0 Å². The molecule has 17 heavy (non-hydrogen) atoms. The van der Waals surface area contributed by atoms with E-state index in [2.05, 4.69) is 11.9 Å². The van der Waals surface area contributed by atoms with Crippen LogP contribution >= 0.6 is 0 Å². The third kappa shape index (κ3) is 3.30. The first kappa shape index (κ1) is 13.2. The maximum atomic E-state index is 11.7. The SMILES string of the molecule is C=CCC(NC(=O)C1CC(=O)N(C)C1)C(=O)O. The second-order valence-corrected chi connectivity index (χ2v) is 4.10. The van der Waals surface area contributed by atoms with Gasteiger partial charge in [0.25, 0.3) is 0 Å². The second kappa shape index (κ2) is 5.47. The Hall–Kier alpha value is -1.85. The molecule has 0 radical (unpaired) electrons. The Bertz CT molecular complexity index is 353. The van der Waals surface area contributed by atoms with Crippen LogP contribution in [0.15, 0.2) is 12.7 Å². The van der Waals surface area contributed by atoms with E-state index in [4.69, 9.17) is 5.11 Å². The van der Waals surface area contributed by atoms with Gasteiger partial charge in [0.2, 0.25) is 11.8 Å². The van der Waals surface area contributed by atoms with Crippen molar-refractivity contribution in [3.8, 4) is 0 Å². The molecule has 2 N–H and O–H groups in total. The molecule has 1 saturated heterocycles. The smallest absolute Gasteiger partial charge is 0.326 e. The van der Waals surface area contributed by atoms with Crippen molar-refractivity contribution in [1.29, 1.82) is 0 Å². The van der Waals surface area contributed by atoms with Gasteiger partial charge in [-0.25, -0.2) is 4.79 Å². The first-order valence-electron chi connectivity index (χ1n) is 5.33. The van der Waals surface area contributed by atoms with Crippen LogP contribution in [-0.2, 0) is 14.4 Å². The van der Waals surface area contributed by atoms with Crippen LogP contribution in [0.1, 0.15) is 12.8 Å². The standard InChI is InChI=1S/C11H16N2O4/c1-3-4-8(11(16)17)12-10(15)7-5-9(14)13(2)6-7/h3,7-8H,1,4-6H2,2H3,(H,12,15)(H,16,17). The molecule has 6 heteroatoms. The number of aliphatic carboxylic acids is 1. The summed E-state index contributed by atoms with van der Waals surface area (Å²) in [7, 11) is 1.62. The van der Waals surface area contributed by atoms with E-state index < -0.39 is 23.8 Å². The van der Waals surface area contributed by atoms with Crippen molar-refractivity contribution in [3.63, 3.8) is 0 Å². The highest BCUT2D eigenvalue weighted by atomic mass is 16.4. The first-order chi connectivity index (χ1) is 7.95. The fourth-order valence-electron chi connectivity index (χ4n) is 1.72. The lowest BCUT2D eigenvalue weighted by Gasteiger charge is -2.15. The van der Waals surface area contributed by atoms with Crippen LogP contribution < -0.4 is 5.32 Å². The summed E-state index contributed by atoms with van der Waals surface area (Å²) in [6, 6.07) is -0.971. The van der Waals surface area contributed by atoms with Crippen molar-refractivity contribution >= 4 is 17.8 Å². The Kier molecular flexibility index (Phi) is 4.25.